The highest BCUT2D eigenvalue weighted by atomic mass is 32.1. The predicted molar refractivity (Wildman–Crippen MR) is 83.1 cm³/mol. The lowest BCUT2D eigenvalue weighted by Gasteiger charge is -2.18. The van der Waals surface area contributed by atoms with Crippen molar-refractivity contribution in [3.63, 3.8) is 0 Å². The van der Waals surface area contributed by atoms with E-state index in [-0.39, 0.29) is 25.0 Å². The molecule has 1 rings (SSSR count). The molecule has 0 bridgehead atoms. The number of thiazole rings is 1. The van der Waals surface area contributed by atoms with Gasteiger partial charge in [-0.1, -0.05) is 13.8 Å². The smallest absolute Gasteiger partial charge is 0.303 e. The van der Waals surface area contributed by atoms with Gasteiger partial charge < -0.3 is 15.4 Å². The first-order chi connectivity index (χ1) is 10.4. The average Bonchev–Trinajstić information content (AvgIpc) is 2.89. The number of esters is 1. The second-order valence-electron chi connectivity index (χ2n) is 5.13. The summed E-state index contributed by atoms with van der Waals surface area (Å²) >= 11 is 1.34. The zero-order chi connectivity index (χ0) is 16.5. The fourth-order valence-electron chi connectivity index (χ4n) is 1.72. The van der Waals surface area contributed by atoms with Gasteiger partial charge in [0, 0.05) is 12.3 Å². The molecule has 7 nitrogen and oxygen atoms in total. The third kappa shape index (κ3) is 6.54. The lowest BCUT2D eigenvalue weighted by Crippen LogP contribution is -2.40. The maximum absolute atomic E-state index is 12.0. The van der Waals surface area contributed by atoms with Gasteiger partial charge in [0.1, 0.15) is 19.2 Å². The van der Waals surface area contributed by atoms with Gasteiger partial charge in [-0.25, -0.2) is 4.98 Å². The monoisotopic (exact) mass is 324 g/mol. The molecule has 0 saturated heterocycles. The Morgan fingerprint density at radius 1 is 1.50 bits per heavy atom. The highest BCUT2D eigenvalue weighted by molar-refractivity contribution is 7.13. The second kappa shape index (κ2) is 9.00. The molecule has 1 amide bonds. The highest BCUT2D eigenvalue weighted by Crippen LogP contribution is 2.19. The molecule has 0 aliphatic carbocycles. The number of nitrogens with zero attached hydrogens (tertiary/aromatic N) is 2. The Kier molecular flexibility index (Phi) is 7.32. The van der Waals surface area contributed by atoms with Crippen molar-refractivity contribution in [2.45, 2.75) is 39.8 Å². The quantitative estimate of drug-likeness (QED) is 0.557. The average molecular weight is 324 g/mol. The summed E-state index contributed by atoms with van der Waals surface area (Å²) in [5.74, 6) is -0.283. The van der Waals surface area contributed by atoms with Gasteiger partial charge in [0.15, 0.2) is 5.13 Å². The number of hydrogen-bond acceptors (Lipinski definition) is 7. The van der Waals surface area contributed by atoms with Gasteiger partial charge in [-0.05, 0) is 12.3 Å². The van der Waals surface area contributed by atoms with Crippen LogP contribution in [0.2, 0.25) is 0 Å². The molecule has 0 radical (unpaired) electrons. The third-order valence-corrected chi connectivity index (χ3v) is 3.46. The van der Waals surface area contributed by atoms with Crippen LogP contribution in [0.15, 0.2) is 5.38 Å². The van der Waals surface area contributed by atoms with Crippen LogP contribution >= 0.6 is 11.3 Å². The summed E-state index contributed by atoms with van der Waals surface area (Å²) in [5, 5.41) is 16.5. The minimum Gasteiger partial charge on any atom is -0.459 e. The lowest BCUT2D eigenvalue weighted by atomic mass is 10.0. The molecule has 0 aromatic carbocycles. The summed E-state index contributed by atoms with van der Waals surface area (Å²) in [4.78, 5) is 27.1. The number of anilines is 1. The van der Waals surface area contributed by atoms with E-state index < -0.39 is 6.04 Å². The van der Waals surface area contributed by atoms with Crippen molar-refractivity contribution in [2.24, 2.45) is 5.92 Å². The molecule has 1 aromatic rings. The predicted octanol–water partition coefficient (Wildman–Crippen LogP) is 1.67. The highest BCUT2D eigenvalue weighted by Gasteiger charge is 2.20. The molecule has 1 aromatic heterocycles. The molecular weight excluding hydrogens is 304 g/mol. The Labute approximate surface area is 133 Å². The fraction of sp³-hybridized carbons (Fsp3) is 0.571. The number of amides is 1. The van der Waals surface area contributed by atoms with Crippen LogP contribution in [0.3, 0.4) is 0 Å². The lowest BCUT2D eigenvalue weighted by molar-refractivity contribution is -0.142. The number of carbonyl (C=O) groups excluding carboxylic acids is 2. The Balaban J connectivity index is 2.66. The van der Waals surface area contributed by atoms with Crippen LogP contribution in [0.25, 0.3) is 0 Å². The molecule has 2 N–H and O–H groups in total. The molecule has 120 valence electrons. The zero-order valence-electron chi connectivity index (χ0n) is 12.9. The summed E-state index contributed by atoms with van der Waals surface area (Å²) < 4.78 is 4.87. The first-order valence-corrected chi connectivity index (χ1v) is 7.79. The minimum atomic E-state index is -0.457. The van der Waals surface area contributed by atoms with Crippen LogP contribution in [0.4, 0.5) is 5.13 Å². The summed E-state index contributed by atoms with van der Waals surface area (Å²) in [7, 11) is 0. The molecule has 1 heterocycles. The van der Waals surface area contributed by atoms with Crippen molar-refractivity contribution in [1.29, 1.82) is 5.26 Å². The van der Waals surface area contributed by atoms with Crippen LogP contribution in [-0.2, 0) is 20.9 Å². The van der Waals surface area contributed by atoms with Crippen molar-refractivity contribution in [1.82, 2.24) is 10.3 Å². The van der Waals surface area contributed by atoms with E-state index in [9.17, 15) is 9.59 Å². The molecule has 0 spiro atoms. The Morgan fingerprint density at radius 3 is 2.82 bits per heavy atom. The van der Waals surface area contributed by atoms with E-state index in [1.807, 2.05) is 19.9 Å². The standard InChI is InChI=1S/C14H20N4O3S/c1-9(2)6-12(13(20)16-5-4-15)18-14-17-11(8-22-14)7-21-10(3)19/h8-9,12H,5-7H2,1-3H3,(H,16,20)(H,17,18). The van der Waals surface area contributed by atoms with E-state index in [2.05, 4.69) is 15.6 Å². The van der Waals surface area contributed by atoms with Gasteiger partial charge in [-0.15, -0.1) is 11.3 Å². The summed E-state index contributed by atoms with van der Waals surface area (Å²) in [5.41, 5.74) is 0.628. The van der Waals surface area contributed by atoms with Gasteiger partial charge in [0.05, 0.1) is 11.8 Å². The Morgan fingerprint density at radius 2 is 2.23 bits per heavy atom. The van der Waals surface area contributed by atoms with Crippen LogP contribution in [-0.4, -0.2) is 29.4 Å². The van der Waals surface area contributed by atoms with Gasteiger partial charge in [-0.3, -0.25) is 9.59 Å². The van der Waals surface area contributed by atoms with E-state index in [0.29, 0.717) is 23.2 Å². The van der Waals surface area contributed by atoms with Gasteiger partial charge in [-0.2, -0.15) is 5.26 Å². The third-order valence-electron chi connectivity index (χ3n) is 2.64. The van der Waals surface area contributed by atoms with Crippen molar-refractivity contribution < 1.29 is 14.3 Å². The van der Waals surface area contributed by atoms with Gasteiger partial charge in [0.2, 0.25) is 5.91 Å². The topological polar surface area (TPSA) is 104 Å². The first kappa shape index (κ1) is 17.9. The van der Waals surface area contributed by atoms with E-state index >= 15 is 0 Å². The molecule has 0 aliphatic rings. The van der Waals surface area contributed by atoms with Crippen molar-refractivity contribution in [2.75, 3.05) is 11.9 Å². The van der Waals surface area contributed by atoms with Crippen LogP contribution in [0, 0.1) is 17.2 Å². The number of hydrogen-bond donors (Lipinski definition) is 2. The molecule has 0 saturated carbocycles. The largest absolute Gasteiger partial charge is 0.459 e. The van der Waals surface area contributed by atoms with Crippen molar-refractivity contribution in [3.8, 4) is 6.07 Å². The molecule has 22 heavy (non-hydrogen) atoms. The fourth-order valence-corrected chi connectivity index (χ4v) is 2.47. The number of aromatic nitrogens is 1. The van der Waals surface area contributed by atoms with E-state index in [1.165, 1.54) is 18.3 Å². The molecule has 1 atom stereocenters. The minimum absolute atomic E-state index is 0.0231. The number of rotatable bonds is 8. The van der Waals surface area contributed by atoms with Crippen LogP contribution in [0.5, 0.6) is 0 Å². The second-order valence-corrected chi connectivity index (χ2v) is 5.98. The molecule has 0 aliphatic heterocycles. The van der Waals surface area contributed by atoms with E-state index in [4.69, 9.17) is 10.00 Å². The van der Waals surface area contributed by atoms with Crippen molar-refractivity contribution >= 4 is 28.3 Å². The maximum atomic E-state index is 12.0. The number of nitrogens with one attached hydrogen (secondary N) is 2. The summed E-state index contributed by atoms with van der Waals surface area (Å²) in [6.07, 6.45) is 0.621. The molecule has 0 fully saturated rings. The molecular formula is C14H20N4O3S. The number of nitriles is 1. The maximum Gasteiger partial charge on any atom is 0.303 e. The number of carbonyl (C=O) groups is 2. The summed E-state index contributed by atoms with van der Waals surface area (Å²) in [6, 6.07) is 1.42. The molecule has 1 unspecified atom stereocenters. The number of ether oxygens (including phenoxy) is 1. The SMILES string of the molecule is CC(=O)OCc1csc(NC(CC(C)C)C(=O)NCC#N)n1. The van der Waals surface area contributed by atoms with Gasteiger partial charge >= 0.3 is 5.97 Å². The Bertz CT molecular complexity index is 551. The zero-order valence-corrected chi connectivity index (χ0v) is 13.7. The normalized spacial score (nSPS) is 11.6. The first-order valence-electron chi connectivity index (χ1n) is 6.91. The van der Waals surface area contributed by atoms with Crippen molar-refractivity contribution in [3.05, 3.63) is 11.1 Å². The van der Waals surface area contributed by atoms with Crippen LogP contribution in [0.1, 0.15) is 32.9 Å². The molecule has 8 heteroatoms. The van der Waals surface area contributed by atoms with E-state index in [0.717, 1.165) is 0 Å². The van der Waals surface area contributed by atoms with Crippen LogP contribution < -0.4 is 10.6 Å². The van der Waals surface area contributed by atoms with Gasteiger partial charge in [0.25, 0.3) is 0 Å². The summed E-state index contributed by atoms with van der Waals surface area (Å²) in [6.45, 7) is 5.46. The van der Waals surface area contributed by atoms with E-state index in [1.54, 1.807) is 5.38 Å². The Hall–Kier alpha value is -2.14.